The average Bonchev–Trinajstić information content (AvgIpc) is 3.18. The summed E-state index contributed by atoms with van der Waals surface area (Å²) in [6.45, 7) is 7.65. The lowest BCUT2D eigenvalue weighted by atomic mass is 10.1. The maximum atomic E-state index is 10.00. The minimum absolute atomic E-state index is 0.248. The zero-order chi connectivity index (χ0) is 13.8. The second-order valence-electron chi connectivity index (χ2n) is 7.04. The van der Waals surface area contributed by atoms with Crippen molar-refractivity contribution in [2.75, 3.05) is 13.2 Å². The first-order valence-corrected chi connectivity index (χ1v) is 8.09. The van der Waals surface area contributed by atoms with Crippen LogP contribution < -0.4 is 5.32 Å². The van der Waals surface area contributed by atoms with Gasteiger partial charge in [-0.3, -0.25) is 0 Å². The molecular weight excluding hydrogens is 238 g/mol. The topological polar surface area (TPSA) is 41.5 Å². The molecule has 2 unspecified atom stereocenters. The monoisotopic (exact) mass is 269 g/mol. The van der Waals surface area contributed by atoms with Gasteiger partial charge in [0.1, 0.15) is 0 Å². The Bertz CT molecular complexity index is 249. The highest BCUT2D eigenvalue weighted by atomic mass is 16.5. The van der Waals surface area contributed by atoms with E-state index < -0.39 is 0 Å². The molecule has 2 fully saturated rings. The van der Waals surface area contributed by atoms with E-state index in [4.69, 9.17) is 4.74 Å². The first kappa shape index (κ1) is 15.3. The van der Waals surface area contributed by atoms with E-state index in [9.17, 15) is 5.11 Å². The van der Waals surface area contributed by atoms with Crippen LogP contribution in [0.15, 0.2) is 0 Å². The van der Waals surface area contributed by atoms with Gasteiger partial charge in [-0.1, -0.05) is 13.8 Å². The summed E-state index contributed by atoms with van der Waals surface area (Å²) >= 11 is 0. The third kappa shape index (κ3) is 5.80. The molecule has 0 aliphatic heterocycles. The van der Waals surface area contributed by atoms with Crippen molar-refractivity contribution in [1.29, 1.82) is 0 Å². The van der Waals surface area contributed by atoms with Crippen molar-refractivity contribution in [2.24, 2.45) is 17.8 Å². The van der Waals surface area contributed by atoms with Crippen molar-refractivity contribution < 1.29 is 9.84 Å². The zero-order valence-electron chi connectivity index (χ0n) is 12.8. The Balaban J connectivity index is 1.57. The third-order valence-electron chi connectivity index (χ3n) is 4.23. The summed E-state index contributed by atoms with van der Waals surface area (Å²) in [4.78, 5) is 0. The van der Waals surface area contributed by atoms with Crippen LogP contribution in [0.5, 0.6) is 0 Å². The van der Waals surface area contributed by atoms with Crippen molar-refractivity contribution in [3.8, 4) is 0 Å². The fourth-order valence-electron chi connectivity index (χ4n) is 2.97. The van der Waals surface area contributed by atoms with E-state index in [-0.39, 0.29) is 12.2 Å². The first-order valence-electron chi connectivity index (χ1n) is 8.09. The molecule has 3 heteroatoms. The molecule has 0 heterocycles. The summed E-state index contributed by atoms with van der Waals surface area (Å²) in [5.41, 5.74) is 0. The minimum atomic E-state index is -0.366. The Hall–Kier alpha value is -0.120. The maximum absolute atomic E-state index is 10.00. The van der Waals surface area contributed by atoms with Crippen LogP contribution in [0, 0.1) is 17.8 Å². The van der Waals surface area contributed by atoms with Crippen molar-refractivity contribution >= 4 is 0 Å². The van der Waals surface area contributed by atoms with Crippen LogP contribution in [0.25, 0.3) is 0 Å². The molecule has 0 aromatic heterocycles. The molecule has 0 bridgehead atoms. The lowest BCUT2D eigenvalue weighted by Crippen LogP contribution is -2.40. The molecule has 19 heavy (non-hydrogen) atoms. The van der Waals surface area contributed by atoms with Gasteiger partial charge in [0, 0.05) is 12.6 Å². The van der Waals surface area contributed by atoms with E-state index in [2.05, 4.69) is 26.1 Å². The molecule has 2 aliphatic rings. The van der Waals surface area contributed by atoms with Crippen molar-refractivity contribution in [2.45, 2.75) is 71.1 Å². The second kappa shape index (κ2) is 7.05. The van der Waals surface area contributed by atoms with Gasteiger partial charge >= 0.3 is 0 Å². The summed E-state index contributed by atoms with van der Waals surface area (Å²) in [5, 5.41) is 13.6. The van der Waals surface area contributed by atoms with Crippen LogP contribution in [-0.2, 0) is 4.74 Å². The van der Waals surface area contributed by atoms with Gasteiger partial charge in [0.05, 0.1) is 18.8 Å². The van der Waals surface area contributed by atoms with Gasteiger partial charge < -0.3 is 15.2 Å². The van der Waals surface area contributed by atoms with E-state index in [1.54, 1.807) is 0 Å². The lowest BCUT2D eigenvalue weighted by molar-refractivity contribution is -0.00968. The summed E-state index contributed by atoms with van der Waals surface area (Å²) in [6.07, 6.45) is 6.47. The van der Waals surface area contributed by atoms with Crippen LogP contribution >= 0.6 is 0 Å². The molecule has 3 nitrogen and oxygen atoms in total. The quantitative estimate of drug-likeness (QED) is 0.640. The van der Waals surface area contributed by atoms with E-state index in [1.807, 2.05) is 0 Å². The number of aliphatic hydroxyl groups excluding tert-OH is 1. The Morgan fingerprint density at radius 3 is 2.16 bits per heavy atom. The van der Waals surface area contributed by atoms with E-state index in [0.717, 1.165) is 18.3 Å². The molecule has 2 N–H and O–H groups in total. The van der Waals surface area contributed by atoms with Crippen molar-refractivity contribution in [3.63, 3.8) is 0 Å². The number of aliphatic hydroxyl groups is 1. The van der Waals surface area contributed by atoms with Crippen LogP contribution in [-0.4, -0.2) is 36.5 Å². The highest BCUT2D eigenvalue weighted by molar-refractivity contribution is 4.96. The van der Waals surface area contributed by atoms with Crippen molar-refractivity contribution in [1.82, 2.24) is 5.32 Å². The largest absolute Gasteiger partial charge is 0.389 e. The molecule has 0 saturated heterocycles. The summed E-state index contributed by atoms with van der Waals surface area (Å²) in [5.74, 6) is 2.43. The number of hydrogen-bond donors (Lipinski definition) is 2. The van der Waals surface area contributed by atoms with Gasteiger partial charge in [0.2, 0.25) is 0 Å². The molecule has 2 atom stereocenters. The predicted molar refractivity (Wildman–Crippen MR) is 78.1 cm³/mol. The molecule has 0 aromatic carbocycles. The summed E-state index contributed by atoms with van der Waals surface area (Å²) < 4.78 is 5.71. The molecule has 2 saturated carbocycles. The van der Waals surface area contributed by atoms with Crippen LogP contribution in [0.2, 0.25) is 0 Å². The molecule has 2 aliphatic carbocycles. The Morgan fingerprint density at radius 1 is 1.11 bits per heavy atom. The van der Waals surface area contributed by atoms with Crippen LogP contribution in [0.4, 0.5) is 0 Å². The molecule has 2 rings (SSSR count). The van der Waals surface area contributed by atoms with Gasteiger partial charge in [0.25, 0.3) is 0 Å². The highest BCUT2D eigenvalue weighted by Gasteiger charge is 2.41. The Labute approximate surface area is 118 Å². The Morgan fingerprint density at radius 2 is 1.68 bits per heavy atom. The van der Waals surface area contributed by atoms with Crippen molar-refractivity contribution in [3.05, 3.63) is 0 Å². The fourth-order valence-corrected chi connectivity index (χ4v) is 2.97. The van der Waals surface area contributed by atoms with E-state index in [0.29, 0.717) is 25.1 Å². The smallest absolute Gasteiger partial charge is 0.0897 e. The molecule has 112 valence electrons. The summed E-state index contributed by atoms with van der Waals surface area (Å²) in [6, 6.07) is 0.669. The molecule has 0 radical (unpaired) electrons. The van der Waals surface area contributed by atoms with Gasteiger partial charge in [-0.15, -0.1) is 0 Å². The molecule has 0 aromatic rings. The predicted octanol–water partition coefficient (Wildman–Crippen LogP) is 2.58. The summed E-state index contributed by atoms with van der Waals surface area (Å²) in [7, 11) is 0. The third-order valence-corrected chi connectivity index (χ3v) is 4.23. The molecular formula is C16H31NO2. The lowest BCUT2D eigenvalue weighted by Gasteiger charge is -2.22. The SMILES string of the molecule is CC(C)CC(C)OCC(O)CNC(C1CC1)C1CC1. The Kier molecular flexibility index (Phi) is 5.67. The molecule has 0 spiro atoms. The average molecular weight is 269 g/mol. The zero-order valence-corrected chi connectivity index (χ0v) is 12.8. The number of ether oxygens (including phenoxy) is 1. The normalized spacial score (nSPS) is 23.1. The van der Waals surface area contributed by atoms with Crippen LogP contribution in [0.3, 0.4) is 0 Å². The van der Waals surface area contributed by atoms with E-state index >= 15 is 0 Å². The number of rotatable bonds is 10. The van der Waals surface area contributed by atoms with Gasteiger partial charge in [-0.25, -0.2) is 0 Å². The fraction of sp³-hybridized carbons (Fsp3) is 1.00. The van der Waals surface area contributed by atoms with Crippen LogP contribution in [0.1, 0.15) is 52.9 Å². The standard InChI is InChI=1S/C16H31NO2/c1-11(2)8-12(3)19-10-15(18)9-17-16(13-4-5-13)14-6-7-14/h11-18H,4-10H2,1-3H3. The number of hydrogen-bond acceptors (Lipinski definition) is 3. The van der Waals surface area contributed by atoms with Gasteiger partial charge in [-0.05, 0) is 56.8 Å². The van der Waals surface area contributed by atoms with Gasteiger partial charge in [-0.2, -0.15) is 0 Å². The highest BCUT2D eigenvalue weighted by Crippen LogP contribution is 2.44. The van der Waals surface area contributed by atoms with Gasteiger partial charge in [0.15, 0.2) is 0 Å². The minimum Gasteiger partial charge on any atom is -0.389 e. The van der Waals surface area contributed by atoms with E-state index in [1.165, 1.54) is 25.7 Å². The number of nitrogens with one attached hydrogen (secondary N) is 1. The first-order chi connectivity index (χ1) is 9.06. The maximum Gasteiger partial charge on any atom is 0.0897 e. The molecule has 0 amide bonds. The second-order valence-corrected chi connectivity index (χ2v) is 7.04.